The fourth-order valence-electron chi connectivity index (χ4n) is 2.07. The van der Waals surface area contributed by atoms with Crippen LogP contribution in [0.1, 0.15) is 31.5 Å². The summed E-state index contributed by atoms with van der Waals surface area (Å²) in [6.45, 7) is 3.57. The second kappa shape index (κ2) is 6.95. The first kappa shape index (κ1) is 19.7. The van der Waals surface area contributed by atoms with E-state index in [4.69, 9.17) is 0 Å². The Morgan fingerprint density at radius 1 is 1.38 bits per heavy atom. The van der Waals surface area contributed by atoms with E-state index in [2.05, 4.69) is 15.4 Å². The summed E-state index contributed by atoms with van der Waals surface area (Å²) in [5, 5.41) is 15.5. The van der Waals surface area contributed by atoms with Gasteiger partial charge in [-0.15, -0.1) is 0 Å². The van der Waals surface area contributed by atoms with Gasteiger partial charge in [0.1, 0.15) is 17.5 Å². The summed E-state index contributed by atoms with van der Waals surface area (Å²) in [4.78, 5) is 3.80. The summed E-state index contributed by atoms with van der Waals surface area (Å²) in [7, 11) is -3.51. The molecule has 0 amide bonds. The van der Waals surface area contributed by atoms with Gasteiger partial charge >= 0.3 is 6.18 Å². The quantitative estimate of drug-likeness (QED) is 0.847. The first-order chi connectivity index (χ1) is 12.0. The van der Waals surface area contributed by atoms with Gasteiger partial charge in [0, 0.05) is 18.5 Å². The summed E-state index contributed by atoms with van der Waals surface area (Å²) in [6, 6.07) is 3.75. The zero-order valence-corrected chi connectivity index (χ0v) is 15.0. The minimum Gasteiger partial charge on any atom is -0.366 e. The largest absolute Gasteiger partial charge is 0.436 e. The SMILES string of the molecule is CCC(C)Nc1c(C#N)c(C(F)(F)F)nn1-c1ccc(S(C)(=O)=O)cn1. The summed E-state index contributed by atoms with van der Waals surface area (Å²) in [5.41, 5.74) is -1.98. The van der Waals surface area contributed by atoms with Gasteiger partial charge in [-0.2, -0.15) is 28.2 Å². The lowest BCUT2D eigenvalue weighted by Gasteiger charge is -2.14. The zero-order valence-electron chi connectivity index (χ0n) is 14.2. The van der Waals surface area contributed by atoms with Crippen LogP contribution in [0.15, 0.2) is 23.2 Å². The molecule has 2 aromatic heterocycles. The van der Waals surface area contributed by atoms with Crippen molar-refractivity contribution in [3.8, 4) is 11.9 Å². The standard InChI is InChI=1S/C15H16F3N5O2S/c1-4-9(2)21-14-11(7-19)13(15(16,17)18)22-23(14)12-6-5-10(8-20-12)26(3,24)25/h5-6,8-9,21H,4H2,1-3H3. The van der Waals surface area contributed by atoms with E-state index in [9.17, 15) is 26.9 Å². The summed E-state index contributed by atoms with van der Waals surface area (Å²) in [5.74, 6) is -0.191. The first-order valence-corrected chi connectivity index (χ1v) is 9.41. The smallest absolute Gasteiger partial charge is 0.366 e. The molecular weight excluding hydrogens is 371 g/mol. The molecular formula is C15H16F3N5O2S. The van der Waals surface area contributed by atoms with Crippen LogP contribution in [0.4, 0.5) is 19.0 Å². The van der Waals surface area contributed by atoms with Gasteiger partial charge in [0.25, 0.3) is 0 Å². The Morgan fingerprint density at radius 2 is 2.04 bits per heavy atom. The third-order valence-electron chi connectivity index (χ3n) is 3.63. The van der Waals surface area contributed by atoms with Gasteiger partial charge in [0.2, 0.25) is 0 Å². The average Bonchev–Trinajstić information content (AvgIpc) is 2.92. The molecule has 0 fully saturated rings. The Morgan fingerprint density at radius 3 is 2.46 bits per heavy atom. The van der Waals surface area contributed by atoms with Gasteiger partial charge in [-0.3, -0.25) is 0 Å². The van der Waals surface area contributed by atoms with Crippen molar-refractivity contribution in [1.29, 1.82) is 5.26 Å². The summed E-state index contributed by atoms with van der Waals surface area (Å²) in [6.07, 6.45) is -2.21. The van der Waals surface area contributed by atoms with Gasteiger partial charge in [-0.25, -0.2) is 13.4 Å². The highest BCUT2D eigenvalue weighted by Gasteiger charge is 2.40. The fourth-order valence-corrected chi connectivity index (χ4v) is 2.63. The highest BCUT2D eigenvalue weighted by Crippen LogP contribution is 2.35. The molecule has 0 saturated carbocycles. The number of nitriles is 1. The highest BCUT2D eigenvalue weighted by atomic mass is 32.2. The number of nitrogens with one attached hydrogen (secondary N) is 1. The maximum absolute atomic E-state index is 13.2. The molecule has 1 unspecified atom stereocenters. The average molecular weight is 387 g/mol. The van der Waals surface area contributed by atoms with E-state index in [-0.39, 0.29) is 22.6 Å². The molecule has 2 rings (SSSR count). The van der Waals surface area contributed by atoms with E-state index < -0.39 is 27.3 Å². The normalized spacial score (nSPS) is 13.3. The van der Waals surface area contributed by atoms with Crippen molar-refractivity contribution in [2.24, 2.45) is 0 Å². The van der Waals surface area contributed by atoms with Gasteiger partial charge in [0.15, 0.2) is 21.3 Å². The van der Waals surface area contributed by atoms with E-state index >= 15 is 0 Å². The predicted molar refractivity (Wildman–Crippen MR) is 87.6 cm³/mol. The minimum absolute atomic E-state index is 0.0461. The van der Waals surface area contributed by atoms with Crippen LogP contribution in [0.5, 0.6) is 0 Å². The molecule has 0 saturated heterocycles. The minimum atomic E-state index is -4.82. The Bertz CT molecular complexity index is 943. The molecule has 0 spiro atoms. The van der Waals surface area contributed by atoms with E-state index in [0.717, 1.165) is 17.1 Å². The van der Waals surface area contributed by atoms with Crippen LogP contribution >= 0.6 is 0 Å². The summed E-state index contributed by atoms with van der Waals surface area (Å²) >= 11 is 0. The topological polar surface area (TPSA) is 101 Å². The van der Waals surface area contributed by atoms with Crippen molar-refractivity contribution in [1.82, 2.24) is 14.8 Å². The number of halogens is 3. The molecule has 0 aromatic carbocycles. The van der Waals surface area contributed by atoms with Crippen molar-refractivity contribution in [3.05, 3.63) is 29.6 Å². The van der Waals surface area contributed by atoms with Crippen LogP contribution < -0.4 is 5.32 Å². The maximum atomic E-state index is 13.2. The number of rotatable bonds is 5. The zero-order chi connectivity index (χ0) is 19.7. The molecule has 11 heteroatoms. The number of sulfone groups is 1. The number of alkyl halides is 3. The molecule has 1 atom stereocenters. The molecule has 0 radical (unpaired) electrons. The third kappa shape index (κ3) is 3.96. The van der Waals surface area contributed by atoms with Gasteiger partial charge in [-0.1, -0.05) is 6.92 Å². The monoisotopic (exact) mass is 387 g/mol. The van der Waals surface area contributed by atoms with Crippen LogP contribution in [0.25, 0.3) is 5.82 Å². The van der Waals surface area contributed by atoms with Crippen LogP contribution in [-0.4, -0.2) is 35.5 Å². The molecule has 0 aliphatic heterocycles. The molecule has 140 valence electrons. The molecule has 7 nitrogen and oxygen atoms in total. The third-order valence-corrected chi connectivity index (χ3v) is 4.72. The van der Waals surface area contributed by atoms with Gasteiger partial charge in [0.05, 0.1) is 4.90 Å². The molecule has 26 heavy (non-hydrogen) atoms. The van der Waals surface area contributed by atoms with Crippen molar-refractivity contribution < 1.29 is 21.6 Å². The van der Waals surface area contributed by atoms with E-state index in [1.54, 1.807) is 6.92 Å². The van der Waals surface area contributed by atoms with Gasteiger partial charge in [-0.05, 0) is 25.5 Å². The fraction of sp³-hybridized carbons (Fsp3) is 0.400. The van der Waals surface area contributed by atoms with Crippen LogP contribution in [0.3, 0.4) is 0 Å². The Balaban J connectivity index is 2.67. The molecule has 1 N–H and O–H groups in total. The second-order valence-electron chi connectivity index (χ2n) is 5.67. The number of aromatic nitrogens is 3. The summed E-state index contributed by atoms with van der Waals surface area (Å²) < 4.78 is 63.6. The van der Waals surface area contributed by atoms with Crippen LogP contribution in [0, 0.1) is 11.3 Å². The molecule has 0 aliphatic carbocycles. The molecule has 2 heterocycles. The lowest BCUT2D eigenvalue weighted by Crippen LogP contribution is -2.17. The first-order valence-electron chi connectivity index (χ1n) is 7.52. The number of hydrogen-bond acceptors (Lipinski definition) is 6. The van der Waals surface area contributed by atoms with Crippen LogP contribution in [0.2, 0.25) is 0 Å². The lowest BCUT2D eigenvalue weighted by atomic mass is 10.2. The second-order valence-corrected chi connectivity index (χ2v) is 7.69. The Kier molecular flexibility index (Phi) is 5.27. The number of nitrogens with zero attached hydrogens (tertiary/aromatic N) is 4. The molecule has 0 aliphatic rings. The van der Waals surface area contributed by atoms with E-state index in [0.29, 0.717) is 6.42 Å². The lowest BCUT2D eigenvalue weighted by molar-refractivity contribution is -0.141. The van der Waals surface area contributed by atoms with E-state index in [1.807, 2.05) is 6.92 Å². The maximum Gasteiger partial charge on any atom is 0.436 e. The van der Waals surface area contributed by atoms with Crippen molar-refractivity contribution in [2.75, 3.05) is 11.6 Å². The van der Waals surface area contributed by atoms with Gasteiger partial charge < -0.3 is 5.32 Å². The predicted octanol–water partition coefficient (Wildman–Crippen LogP) is 2.77. The van der Waals surface area contributed by atoms with Crippen molar-refractivity contribution >= 4 is 15.7 Å². The highest BCUT2D eigenvalue weighted by molar-refractivity contribution is 7.90. The molecule has 0 bridgehead atoms. The van der Waals surface area contributed by atoms with Crippen molar-refractivity contribution in [3.63, 3.8) is 0 Å². The van der Waals surface area contributed by atoms with Crippen LogP contribution in [-0.2, 0) is 16.0 Å². The number of hydrogen-bond donors (Lipinski definition) is 1. The van der Waals surface area contributed by atoms with E-state index in [1.165, 1.54) is 18.2 Å². The Labute approximate surface area is 148 Å². The molecule has 2 aromatic rings. The number of pyridine rings is 1. The number of anilines is 1. The van der Waals surface area contributed by atoms with Crippen molar-refractivity contribution in [2.45, 2.75) is 37.4 Å². The Hall–Kier alpha value is -2.61.